The summed E-state index contributed by atoms with van der Waals surface area (Å²) in [5, 5.41) is 27.3. The molecule has 0 spiro atoms. The first-order valence-corrected chi connectivity index (χ1v) is 4.74. The number of ketones is 1. The van der Waals surface area contributed by atoms with E-state index in [0.717, 1.165) is 6.07 Å². The lowest BCUT2D eigenvalue weighted by molar-refractivity contribution is -0.146. The second-order valence-corrected chi connectivity index (χ2v) is 3.29. The van der Waals surface area contributed by atoms with Crippen molar-refractivity contribution in [2.75, 3.05) is 0 Å². The first kappa shape index (κ1) is 12.2. The van der Waals surface area contributed by atoms with Crippen LogP contribution >= 0.6 is 0 Å². The van der Waals surface area contributed by atoms with Gasteiger partial charge in [-0.15, -0.1) is 0 Å². The van der Waals surface area contributed by atoms with Crippen LogP contribution in [0.2, 0.25) is 0 Å². The van der Waals surface area contributed by atoms with Gasteiger partial charge in [0, 0.05) is 6.42 Å². The Hall–Kier alpha value is -1.88. The van der Waals surface area contributed by atoms with Crippen molar-refractivity contribution in [2.45, 2.75) is 19.4 Å². The van der Waals surface area contributed by atoms with Crippen LogP contribution in [0.25, 0.3) is 0 Å². The highest BCUT2D eigenvalue weighted by Crippen LogP contribution is 2.24. The van der Waals surface area contributed by atoms with E-state index >= 15 is 0 Å². The van der Waals surface area contributed by atoms with Crippen LogP contribution in [0.15, 0.2) is 18.2 Å². The number of aromatic hydroxyl groups is 1. The van der Waals surface area contributed by atoms with Gasteiger partial charge in [0.2, 0.25) is 0 Å². The normalized spacial score (nSPS) is 12.1. The highest BCUT2D eigenvalue weighted by atomic mass is 16.4. The molecule has 0 amide bonds. The second-order valence-electron chi connectivity index (χ2n) is 3.29. The largest absolute Gasteiger partial charge is 0.507 e. The third kappa shape index (κ3) is 2.38. The Labute approximate surface area is 92.0 Å². The molecule has 1 rings (SSSR count). The van der Waals surface area contributed by atoms with E-state index < -0.39 is 12.1 Å². The third-order valence-electron chi connectivity index (χ3n) is 2.19. The third-order valence-corrected chi connectivity index (χ3v) is 2.19. The Kier molecular flexibility index (Phi) is 3.63. The predicted octanol–water partition coefficient (Wildman–Crippen LogP) is 1.10. The first-order valence-electron chi connectivity index (χ1n) is 4.74. The molecule has 86 valence electrons. The maximum atomic E-state index is 11.3. The highest BCUT2D eigenvalue weighted by molar-refractivity contribution is 5.98. The van der Waals surface area contributed by atoms with Gasteiger partial charge in [-0.2, -0.15) is 0 Å². The molecule has 1 aromatic rings. The van der Waals surface area contributed by atoms with Gasteiger partial charge in [0.05, 0.1) is 5.56 Å². The van der Waals surface area contributed by atoms with Crippen molar-refractivity contribution in [3.63, 3.8) is 0 Å². The van der Waals surface area contributed by atoms with Crippen LogP contribution in [0.3, 0.4) is 0 Å². The summed E-state index contributed by atoms with van der Waals surface area (Å²) in [5.74, 6) is -1.97. The number of phenols is 1. The summed E-state index contributed by atoms with van der Waals surface area (Å²) in [4.78, 5) is 21.8. The number of aliphatic hydroxyl groups is 1. The molecular formula is C11H12O5. The number of carbonyl (C=O) groups excluding carboxylic acids is 1. The van der Waals surface area contributed by atoms with Crippen LogP contribution in [0.5, 0.6) is 5.75 Å². The molecule has 3 N–H and O–H groups in total. The second kappa shape index (κ2) is 4.76. The van der Waals surface area contributed by atoms with Gasteiger partial charge in [-0.1, -0.05) is 13.0 Å². The first-order chi connectivity index (χ1) is 7.47. The van der Waals surface area contributed by atoms with Crippen molar-refractivity contribution in [3.05, 3.63) is 29.3 Å². The maximum absolute atomic E-state index is 11.3. The van der Waals surface area contributed by atoms with Gasteiger partial charge in [-0.3, -0.25) is 4.79 Å². The smallest absolute Gasteiger partial charge is 0.337 e. The molecule has 0 fully saturated rings. The van der Waals surface area contributed by atoms with Crippen LogP contribution in [-0.2, 0) is 4.79 Å². The fourth-order valence-corrected chi connectivity index (χ4v) is 1.29. The Morgan fingerprint density at radius 1 is 1.38 bits per heavy atom. The number of aliphatic carboxylic acids is 1. The summed E-state index contributed by atoms with van der Waals surface area (Å²) in [5.41, 5.74) is 0.168. The Morgan fingerprint density at radius 2 is 2.00 bits per heavy atom. The average molecular weight is 224 g/mol. The zero-order valence-corrected chi connectivity index (χ0v) is 8.67. The fourth-order valence-electron chi connectivity index (χ4n) is 1.29. The number of hydrogen-bond acceptors (Lipinski definition) is 4. The molecule has 0 aliphatic carbocycles. The molecule has 1 aromatic carbocycles. The lowest BCUT2D eigenvalue weighted by atomic mass is 10.0. The molecule has 0 aromatic heterocycles. The number of carboxylic acid groups (broad SMARTS) is 1. The average Bonchev–Trinajstić information content (AvgIpc) is 2.26. The standard InChI is InChI=1S/C11H12O5/c1-2-8(12)7-4-3-6(5-9(7)13)10(14)11(15)16/h3-5,10,13-14H,2H2,1H3,(H,15,16). The van der Waals surface area contributed by atoms with Crippen molar-refractivity contribution in [2.24, 2.45) is 0 Å². The van der Waals surface area contributed by atoms with Crippen molar-refractivity contribution >= 4 is 11.8 Å². The number of carboxylic acids is 1. The molecular weight excluding hydrogens is 212 g/mol. The van der Waals surface area contributed by atoms with E-state index in [1.54, 1.807) is 6.92 Å². The van der Waals surface area contributed by atoms with Gasteiger partial charge >= 0.3 is 5.97 Å². The molecule has 0 aliphatic heterocycles. The molecule has 5 nitrogen and oxygen atoms in total. The van der Waals surface area contributed by atoms with Crippen molar-refractivity contribution in [1.29, 1.82) is 0 Å². The van der Waals surface area contributed by atoms with Crippen molar-refractivity contribution < 1.29 is 24.9 Å². The van der Waals surface area contributed by atoms with Crippen LogP contribution in [-0.4, -0.2) is 27.1 Å². The maximum Gasteiger partial charge on any atom is 0.337 e. The van der Waals surface area contributed by atoms with E-state index in [2.05, 4.69) is 0 Å². The van der Waals surface area contributed by atoms with E-state index in [1.807, 2.05) is 0 Å². The zero-order valence-electron chi connectivity index (χ0n) is 8.67. The summed E-state index contributed by atoms with van der Waals surface area (Å²) in [6.45, 7) is 1.65. The number of carbonyl (C=O) groups is 2. The lowest BCUT2D eigenvalue weighted by Gasteiger charge is -2.08. The molecule has 1 unspecified atom stereocenters. The quantitative estimate of drug-likeness (QED) is 0.666. The molecule has 5 heteroatoms. The Balaban J connectivity index is 3.08. The monoisotopic (exact) mass is 224 g/mol. The topological polar surface area (TPSA) is 94.8 Å². The van der Waals surface area contributed by atoms with Crippen molar-refractivity contribution in [3.8, 4) is 5.75 Å². The van der Waals surface area contributed by atoms with E-state index in [1.165, 1.54) is 12.1 Å². The number of rotatable bonds is 4. The van der Waals surface area contributed by atoms with Gasteiger partial charge in [-0.05, 0) is 17.7 Å². The molecule has 0 bridgehead atoms. The molecule has 16 heavy (non-hydrogen) atoms. The minimum Gasteiger partial charge on any atom is -0.507 e. The minimum absolute atomic E-state index is 0.0395. The minimum atomic E-state index is -1.70. The van der Waals surface area contributed by atoms with Gasteiger partial charge in [0.1, 0.15) is 5.75 Å². The number of benzene rings is 1. The van der Waals surface area contributed by atoms with Crippen LogP contribution in [0, 0.1) is 0 Å². The van der Waals surface area contributed by atoms with E-state index in [9.17, 15) is 19.8 Å². The number of phenolic OH excluding ortho intramolecular Hbond substituents is 1. The zero-order chi connectivity index (χ0) is 12.3. The van der Waals surface area contributed by atoms with Crippen molar-refractivity contribution in [1.82, 2.24) is 0 Å². The SMILES string of the molecule is CCC(=O)c1ccc(C(O)C(=O)O)cc1O. The summed E-state index contributed by atoms with van der Waals surface area (Å²) in [6, 6.07) is 3.70. The molecule has 1 atom stereocenters. The van der Waals surface area contributed by atoms with Gasteiger partial charge < -0.3 is 15.3 Å². The van der Waals surface area contributed by atoms with E-state index in [0.29, 0.717) is 0 Å². The highest BCUT2D eigenvalue weighted by Gasteiger charge is 2.18. The molecule has 0 heterocycles. The van der Waals surface area contributed by atoms with Gasteiger partial charge in [-0.25, -0.2) is 4.79 Å². The van der Waals surface area contributed by atoms with Crippen LogP contribution in [0.4, 0.5) is 0 Å². The number of aliphatic hydroxyl groups excluding tert-OH is 1. The molecule has 0 aliphatic rings. The Morgan fingerprint density at radius 3 is 2.44 bits per heavy atom. The fraction of sp³-hybridized carbons (Fsp3) is 0.273. The summed E-state index contributed by atoms with van der Waals surface area (Å²) >= 11 is 0. The van der Waals surface area contributed by atoms with E-state index in [-0.39, 0.29) is 29.1 Å². The summed E-state index contributed by atoms with van der Waals surface area (Å²) < 4.78 is 0. The number of hydrogen-bond donors (Lipinski definition) is 3. The Bertz CT molecular complexity index is 424. The molecule has 0 saturated heterocycles. The molecule has 0 saturated carbocycles. The summed E-state index contributed by atoms with van der Waals surface area (Å²) in [7, 11) is 0. The van der Waals surface area contributed by atoms with Gasteiger partial charge in [0.15, 0.2) is 11.9 Å². The predicted molar refractivity (Wildman–Crippen MR) is 55.3 cm³/mol. The van der Waals surface area contributed by atoms with Gasteiger partial charge in [0.25, 0.3) is 0 Å². The van der Waals surface area contributed by atoms with E-state index in [4.69, 9.17) is 5.11 Å². The molecule has 0 radical (unpaired) electrons. The number of Topliss-reactive ketones (excluding diaryl/α,β-unsaturated/α-hetero) is 1. The summed E-state index contributed by atoms with van der Waals surface area (Å²) in [6.07, 6.45) is -1.45. The lowest BCUT2D eigenvalue weighted by Crippen LogP contribution is -2.10. The van der Waals surface area contributed by atoms with Crippen LogP contribution in [0.1, 0.15) is 35.4 Å². The van der Waals surface area contributed by atoms with Crippen LogP contribution < -0.4 is 0 Å².